The molecule has 0 aliphatic carbocycles. The van der Waals surface area contributed by atoms with Gasteiger partial charge >= 0.3 is 48.1 Å². The minimum absolute atomic E-state index is 0. The fraction of sp³-hybridized carbons (Fsp3) is 0. The zero-order valence-corrected chi connectivity index (χ0v) is 9.53. The molecular weight excluding hydrogens is 235 g/mol. The Morgan fingerprint density at radius 3 is 0.900 bits per heavy atom. The van der Waals surface area contributed by atoms with Crippen molar-refractivity contribution in [2.24, 2.45) is 0 Å². The third-order valence-corrected chi connectivity index (χ3v) is 0. The van der Waals surface area contributed by atoms with Gasteiger partial charge in [-0.05, 0) is 0 Å². The summed E-state index contributed by atoms with van der Waals surface area (Å²) in [5.41, 5.74) is 0. The number of hydrogen-bond acceptors (Lipinski definition) is 4. The molecule has 0 aliphatic heterocycles. The van der Waals surface area contributed by atoms with Gasteiger partial charge in [0.05, 0.1) is 0 Å². The van der Waals surface area contributed by atoms with Crippen LogP contribution in [0.15, 0.2) is 0 Å². The second kappa shape index (κ2) is 16.9. The summed E-state index contributed by atoms with van der Waals surface area (Å²) in [6, 6.07) is 0. The van der Waals surface area contributed by atoms with Crippen LogP contribution in [-0.4, -0.2) is 55.3 Å². The molecule has 0 radical (unpaired) electrons. The van der Waals surface area contributed by atoms with Crippen LogP contribution in [0.3, 0.4) is 0 Å². The van der Waals surface area contributed by atoms with Crippen molar-refractivity contribution < 1.29 is 42.3 Å². The van der Waals surface area contributed by atoms with Gasteiger partial charge in [0.2, 0.25) is 0 Å². The van der Waals surface area contributed by atoms with Crippen LogP contribution in [-0.2, 0) is 10.4 Å². The van der Waals surface area contributed by atoms with E-state index in [-0.39, 0.29) is 74.9 Å². The molecule has 0 spiro atoms. The first-order valence-electron chi connectivity index (χ1n) is 0.698. The normalized spacial score (nSPS) is 5.80. The molecule has 6 nitrogen and oxygen atoms in total. The zero-order valence-electron chi connectivity index (χ0n) is 5.00. The zero-order chi connectivity index (χ0) is 4.50. The Hall–Kier alpha value is 1.63. The largest absolute Gasteiger partial charge is 2.00 e. The maximum atomic E-state index is 8.74. The Balaban J connectivity index is -0.00000000800. The Bertz CT molecular complexity index is 104. The van der Waals surface area contributed by atoms with Crippen LogP contribution in [0.2, 0.25) is 0 Å². The number of rotatable bonds is 0. The van der Waals surface area contributed by atoms with Gasteiger partial charge in [-0.15, -0.1) is 0 Å². The van der Waals surface area contributed by atoms with E-state index < -0.39 is 10.4 Å². The van der Waals surface area contributed by atoms with Gasteiger partial charge < -0.3 is 37.1 Å². The van der Waals surface area contributed by atoms with Gasteiger partial charge in [-0.25, -0.2) is 0 Å². The predicted molar refractivity (Wildman–Crippen MR) is 30.0 cm³/mol. The average molecular weight is 243 g/mol. The SMILES string of the molecule is N.N.O=S(=O)(O)O.[Ca+2].[Cl-].[Cl-]. The van der Waals surface area contributed by atoms with Gasteiger partial charge in [-0.2, -0.15) is 8.42 Å². The molecule has 0 saturated heterocycles. The molecule has 8 N–H and O–H groups in total. The van der Waals surface area contributed by atoms with Crippen LogP contribution >= 0.6 is 0 Å². The molecule has 0 rings (SSSR count). The smallest absolute Gasteiger partial charge is 1.00 e. The fourth-order valence-electron chi connectivity index (χ4n) is 0. The minimum atomic E-state index is -4.67. The maximum absolute atomic E-state index is 8.74. The van der Waals surface area contributed by atoms with Crippen LogP contribution in [0, 0.1) is 0 Å². The first-order valence-corrected chi connectivity index (χ1v) is 2.10. The minimum Gasteiger partial charge on any atom is -1.00 e. The molecule has 0 unspecified atom stereocenters. The molecule has 0 amide bonds. The van der Waals surface area contributed by atoms with E-state index in [4.69, 9.17) is 17.5 Å². The third kappa shape index (κ3) is 270. The molecule has 0 aliphatic rings. The molecule has 64 valence electrons. The maximum Gasteiger partial charge on any atom is 2.00 e. The third-order valence-electron chi connectivity index (χ3n) is 0. The second-order valence-electron chi connectivity index (χ2n) is 0.448. The van der Waals surface area contributed by atoms with Crippen LogP contribution < -0.4 is 37.1 Å². The molecule has 0 aromatic heterocycles. The summed E-state index contributed by atoms with van der Waals surface area (Å²) in [6.07, 6.45) is 0. The van der Waals surface area contributed by atoms with Crippen molar-refractivity contribution in [3.05, 3.63) is 0 Å². The van der Waals surface area contributed by atoms with Crippen LogP contribution in [0.1, 0.15) is 0 Å². The molecule has 0 aromatic rings. The van der Waals surface area contributed by atoms with Gasteiger partial charge in [0.15, 0.2) is 0 Å². The van der Waals surface area contributed by atoms with Gasteiger partial charge in [-0.1, -0.05) is 0 Å². The standard InChI is InChI=1S/Ca.2ClH.2H3N.H2O4S/c;;;;;1-5(2,3)4/h;2*1H;2*1H3;(H2,1,2,3,4)/q+2;;;;;/p-2. The van der Waals surface area contributed by atoms with E-state index in [1.165, 1.54) is 0 Å². The van der Waals surface area contributed by atoms with Crippen molar-refractivity contribution in [3.63, 3.8) is 0 Å². The van der Waals surface area contributed by atoms with Crippen molar-refractivity contribution in [2.75, 3.05) is 0 Å². The van der Waals surface area contributed by atoms with E-state index in [0.29, 0.717) is 0 Å². The summed E-state index contributed by atoms with van der Waals surface area (Å²) >= 11 is 0. The Morgan fingerprint density at radius 1 is 0.900 bits per heavy atom. The molecule has 0 heterocycles. The molecule has 0 fully saturated rings. The average Bonchev–Trinajstić information content (AvgIpc) is 0.722. The molecule has 0 aromatic carbocycles. The summed E-state index contributed by atoms with van der Waals surface area (Å²) in [5, 5.41) is 0. The molecule has 0 saturated carbocycles. The quantitative estimate of drug-likeness (QED) is 0.246. The second-order valence-corrected chi connectivity index (χ2v) is 1.34. The summed E-state index contributed by atoms with van der Waals surface area (Å²) in [5.74, 6) is 0. The molecule has 10 heavy (non-hydrogen) atoms. The summed E-state index contributed by atoms with van der Waals surface area (Å²) < 4.78 is 31.6. The van der Waals surface area contributed by atoms with Crippen molar-refractivity contribution in [1.29, 1.82) is 0 Å². The van der Waals surface area contributed by atoms with Crippen molar-refractivity contribution >= 4 is 48.1 Å². The summed E-state index contributed by atoms with van der Waals surface area (Å²) in [6.45, 7) is 0. The Morgan fingerprint density at radius 2 is 0.900 bits per heavy atom. The van der Waals surface area contributed by atoms with Gasteiger partial charge in [-0.3, -0.25) is 9.11 Å². The first kappa shape index (κ1) is 41.5. The number of halogens is 2. The van der Waals surface area contributed by atoms with E-state index in [9.17, 15) is 0 Å². The van der Waals surface area contributed by atoms with Crippen molar-refractivity contribution in [2.45, 2.75) is 0 Å². The number of hydrogen-bond donors (Lipinski definition) is 4. The Kier molecular flexibility index (Phi) is 70.2. The van der Waals surface area contributed by atoms with Gasteiger partial charge in [0.25, 0.3) is 0 Å². The van der Waals surface area contributed by atoms with E-state index in [2.05, 4.69) is 0 Å². The van der Waals surface area contributed by atoms with Crippen LogP contribution in [0.4, 0.5) is 0 Å². The summed E-state index contributed by atoms with van der Waals surface area (Å²) in [7, 11) is -4.67. The predicted octanol–water partition coefficient (Wildman–Crippen LogP) is -6.70. The van der Waals surface area contributed by atoms with Gasteiger partial charge in [0.1, 0.15) is 0 Å². The van der Waals surface area contributed by atoms with Crippen LogP contribution in [0.25, 0.3) is 0 Å². The molecule has 0 bridgehead atoms. The van der Waals surface area contributed by atoms with Crippen molar-refractivity contribution in [1.82, 2.24) is 12.3 Å². The Labute approximate surface area is 102 Å². The molecular formula is H8CaCl2N2O4S. The fourth-order valence-corrected chi connectivity index (χ4v) is 0. The van der Waals surface area contributed by atoms with Crippen LogP contribution in [0.5, 0.6) is 0 Å². The first-order chi connectivity index (χ1) is 2.00. The van der Waals surface area contributed by atoms with E-state index in [1.54, 1.807) is 0 Å². The van der Waals surface area contributed by atoms with Crippen molar-refractivity contribution in [3.8, 4) is 0 Å². The van der Waals surface area contributed by atoms with E-state index >= 15 is 0 Å². The van der Waals surface area contributed by atoms with E-state index in [0.717, 1.165) is 0 Å². The monoisotopic (exact) mass is 242 g/mol. The van der Waals surface area contributed by atoms with Gasteiger partial charge in [0, 0.05) is 0 Å². The topological polar surface area (TPSA) is 145 Å². The molecule has 10 heteroatoms. The summed E-state index contributed by atoms with van der Waals surface area (Å²) in [4.78, 5) is 0. The van der Waals surface area contributed by atoms with E-state index in [1.807, 2.05) is 0 Å². The molecule has 0 atom stereocenters.